The van der Waals surface area contributed by atoms with Crippen LogP contribution in [0.25, 0.3) is 0 Å². The first kappa shape index (κ1) is 8.05. The summed E-state index contributed by atoms with van der Waals surface area (Å²) in [7, 11) is 3.58. The van der Waals surface area contributed by atoms with Gasteiger partial charge in [-0.1, -0.05) is 0 Å². The van der Waals surface area contributed by atoms with Crippen LogP contribution < -0.4 is 0 Å². The van der Waals surface area contributed by atoms with Gasteiger partial charge in [0.25, 0.3) is 0 Å². The number of hydrogen-bond donors (Lipinski definition) is 0. The molecule has 0 radical (unpaired) electrons. The van der Waals surface area contributed by atoms with E-state index in [9.17, 15) is 4.79 Å². The summed E-state index contributed by atoms with van der Waals surface area (Å²) < 4.78 is 4.77. The van der Waals surface area contributed by atoms with E-state index in [1.54, 1.807) is 0 Å². The van der Waals surface area contributed by atoms with Crippen molar-refractivity contribution in [2.45, 2.75) is 18.9 Å². The first-order valence-electron chi connectivity index (χ1n) is 4.50. The lowest BCUT2D eigenvalue weighted by atomic mass is 9.99. The van der Waals surface area contributed by atoms with E-state index < -0.39 is 0 Å². The maximum atomic E-state index is 11.3. The Labute approximate surface area is 72.7 Å². The number of rotatable bonds is 1. The molecule has 2 bridgehead atoms. The molecule has 3 atom stereocenters. The largest absolute Gasteiger partial charge is 0.469 e. The van der Waals surface area contributed by atoms with E-state index in [0.717, 1.165) is 18.9 Å². The van der Waals surface area contributed by atoms with Gasteiger partial charge in [0.2, 0.25) is 0 Å². The second-order valence-corrected chi connectivity index (χ2v) is 3.97. The fraction of sp³-hybridized carbons (Fsp3) is 0.889. The molecule has 3 heteroatoms. The van der Waals surface area contributed by atoms with Crippen LogP contribution in [0.5, 0.6) is 0 Å². The number of ether oxygens (including phenoxy) is 1. The van der Waals surface area contributed by atoms with Crippen LogP contribution in [0.1, 0.15) is 12.8 Å². The van der Waals surface area contributed by atoms with Gasteiger partial charge < -0.3 is 9.64 Å². The summed E-state index contributed by atoms with van der Waals surface area (Å²) in [6.45, 7) is 1.16. The van der Waals surface area contributed by atoms with E-state index in [1.165, 1.54) is 13.5 Å². The Morgan fingerprint density at radius 3 is 2.75 bits per heavy atom. The van der Waals surface area contributed by atoms with Gasteiger partial charge in [-0.25, -0.2) is 0 Å². The topological polar surface area (TPSA) is 29.5 Å². The van der Waals surface area contributed by atoms with E-state index in [0.29, 0.717) is 6.04 Å². The van der Waals surface area contributed by atoms with Crippen molar-refractivity contribution in [3.8, 4) is 0 Å². The van der Waals surface area contributed by atoms with Crippen molar-refractivity contribution < 1.29 is 9.53 Å². The SMILES string of the molecule is COC(=O)[C@H]1C[C@H]2C[C@@H]1N(C)C2. The number of piperidine rings is 1. The molecule has 68 valence electrons. The van der Waals surface area contributed by atoms with E-state index in [-0.39, 0.29) is 11.9 Å². The van der Waals surface area contributed by atoms with Gasteiger partial charge in [0, 0.05) is 12.6 Å². The molecule has 2 aliphatic rings. The molecule has 3 nitrogen and oxygen atoms in total. The Kier molecular flexibility index (Phi) is 1.83. The first-order chi connectivity index (χ1) is 5.72. The standard InChI is InChI=1S/C9H15NO2/c1-10-5-6-3-7(8(10)4-6)9(11)12-2/h6-8H,3-5H2,1-2H3/t6-,7-,8-/m0/s1. The Hall–Kier alpha value is -0.570. The molecule has 1 aliphatic heterocycles. The smallest absolute Gasteiger partial charge is 0.310 e. The van der Waals surface area contributed by atoms with Gasteiger partial charge in [-0.05, 0) is 25.8 Å². The summed E-state index contributed by atoms with van der Waals surface area (Å²) in [5.74, 6) is 0.872. The number of carbonyl (C=O) groups excluding carboxylic acids is 1. The predicted octanol–water partition coefficient (Wildman–Crippen LogP) is 0.500. The summed E-state index contributed by atoms with van der Waals surface area (Å²) in [4.78, 5) is 13.6. The highest BCUT2D eigenvalue weighted by Crippen LogP contribution is 2.41. The molecule has 0 N–H and O–H groups in total. The lowest BCUT2D eigenvalue weighted by Gasteiger charge is -2.27. The second-order valence-electron chi connectivity index (χ2n) is 3.97. The van der Waals surface area contributed by atoms with Crippen LogP contribution in [0.3, 0.4) is 0 Å². The average Bonchev–Trinajstić information content (AvgIpc) is 2.60. The molecule has 1 aliphatic carbocycles. The first-order valence-corrected chi connectivity index (χ1v) is 4.50. The molecule has 0 amide bonds. The minimum Gasteiger partial charge on any atom is -0.469 e. The van der Waals surface area contributed by atoms with Crippen molar-refractivity contribution in [2.75, 3.05) is 20.7 Å². The monoisotopic (exact) mass is 169 g/mol. The Bertz CT molecular complexity index is 205. The van der Waals surface area contributed by atoms with Crippen molar-refractivity contribution in [1.82, 2.24) is 4.90 Å². The van der Waals surface area contributed by atoms with Crippen LogP contribution in [0.2, 0.25) is 0 Å². The fourth-order valence-electron chi connectivity index (χ4n) is 2.70. The van der Waals surface area contributed by atoms with Crippen molar-refractivity contribution in [1.29, 1.82) is 0 Å². The number of likely N-dealkylation sites (tertiary alicyclic amines) is 1. The van der Waals surface area contributed by atoms with Gasteiger partial charge in [-0.15, -0.1) is 0 Å². The lowest BCUT2D eigenvalue weighted by molar-refractivity contribution is -0.147. The van der Waals surface area contributed by atoms with Crippen LogP contribution in [0, 0.1) is 11.8 Å². The zero-order valence-corrected chi connectivity index (χ0v) is 7.62. The number of carbonyl (C=O) groups is 1. The molecular weight excluding hydrogens is 154 g/mol. The van der Waals surface area contributed by atoms with Gasteiger partial charge in [-0.3, -0.25) is 4.79 Å². The highest BCUT2D eigenvalue weighted by atomic mass is 16.5. The highest BCUT2D eigenvalue weighted by Gasteiger charge is 2.46. The number of methoxy groups -OCH3 is 1. The summed E-state index contributed by atoms with van der Waals surface area (Å²) >= 11 is 0. The molecule has 0 spiro atoms. The summed E-state index contributed by atoms with van der Waals surface area (Å²) in [6.07, 6.45) is 2.23. The molecule has 1 heterocycles. The quantitative estimate of drug-likeness (QED) is 0.535. The zero-order chi connectivity index (χ0) is 8.72. The molecular formula is C9H15NO2. The number of fused-ring (bicyclic) bond motifs is 2. The average molecular weight is 169 g/mol. The molecule has 0 aromatic rings. The van der Waals surface area contributed by atoms with E-state index in [2.05, 4.69) is 11.9 Å². The summed E-state index contributed by atoms with van der Waals surface area (Å²) in [5.41, 5.74) is 0. The van der Waals surface area contributed by atoms with Crippen molar-refractivity contribution in [3.05, 3.63) is 0 Å². The minimum atomic E-state index is -0.0194. The zero-order valence-electron chi connectivity index (χ0n) is 7.62. The molecule has 0 aromatic heterocycles. The maximum Gasteiger partial charge on any atom is 0.310 e. The molecule has 1 saturated carbocycles. The maximum absolute atomic E-state index is 11.3. The normalized spacial score (nSPS) is 40.3. The Morgan fingerprint density at radius 2 is 2.25 bits per heavy atom. The third-order valence-electron chi connectivity index (χ3n) is 3.24. The molecule has 1 saturated heterocycles. The number of hydrogen-bond acceptors (Lipinski definition) is 3. The highest BCUT2D eigenvalue weighted by molar-refractivity contribution is 5.73. The van der Waals surface area contributed by atoms with E-state index in [4.69, 9.17) is 4.74 Å². The fourth-order valence-corrected chi connectivity index (χ4v) is 2.70. The lowest BCUT2D eigenvalue weighted by Crippen LogP contribution is -2.39. The third kappa shape index (κ3) is 1.04. The molecule has 0 unspecified atom stereocenters. The summed E-state index contributed by atoms with van der Waals surface area (Å²) in [5, 5.41) is 0. The predicted molar refractivity (Wildman–Crippen MR) is 44.6 cm³/mol. The molecule has 12 heavy (non-hydrogen) atoms. The van der Waals surface area contributed by atoms with Crippen molar-refractivity contribution >= 4 is 5.97 Å². The van der Waals surface area contributed by atoms with Crippen molar-refractivity contribution in [2.24, 2.45) is 11.8 Å². The van der Waals surface area contributed by atoms with Crippen molar-refractivity contribution in [3.63, 3.8) is 0 Å². The second kappa shape index (κ2) is 2.73. The Balaban J connectivity index is 2.07. The van der Waals surface area contributed by atoms with Crippen LogP contribution in [-0.4, -0.2) is 37.6 Å². The van der Waals surface area contributed by atoms with Crippen LogP contribution in [0.4, 0.5) is 0 Å². The van der Waals surface area contributed by atoms with Crippen LogP contribution in [-0.2, 0) is 9.53 Å². The summed E-state index contributed by atoms with van der Waals surface area (Å²) in [6, 6.07) is 0.461. The van der Waals surface area contributed by atoms with E-state index >= 15 is 0 Å². The number of esters is 1. The third-order valence-corrected chi connectivity index (χ3v) is 3.24. The van der Waals surface area contributed by atoms with Gasteiger partial charge >= 0.3 is 5.97 Å². The van der Waals surface area contributed by atoms with Gasteiger partial charge in [0.05, 0.1) is 13.0 Å². The molecule has 2 fully saturated rings. The van der Waals surface area contributed by atoms with Gasteiger partial charge in [-0.2, -0.15) is 0 Å². The van der Waals surface area contributed by atoms with Gasteiger partial charge in [0.15, 0.2) is 0 Å². The number of nitrogens with zero attached hydrogens (tertiary/aromatic N) is 1. The van der Waals surface area contributed by atoms with Crippen LogP contribution in [0.15, 0.2) is 0 Å². The van der Waals surface area contributed by atoms with Crippen LogP contribution >= 0.6 is 0 Å². The Morgan fingerprint density at radius 1 is 1.50 bits per heavy atom. The minimum absolute atomic E-state index is 0.0194. The van der Waals surface area contributed by atoms with Gasteiger partial charge in [0.1, 0.15) is 0 Å². The molecule has 2 rings (SSSR count). The van der Waals surface area contributed by atoms with E-state index in [1.807, 2.05) is 0 Å². The molecule has 0 aromatic carbocycles.